The molecular weight excluding hydrogens is 406 g/mol. The predicted octanol–water partition coefficient (Wildman–Crippen LogP) is 4.32. The Kier molecular flexibility index (Phi) is 5.46. The number of benzene rings is 2. The van der Waals surface area contributed by atoms with Crippen LogP contribution in [0, 0.1) is 5.92 Å². The van der Waals surface area contributed by atoms with Crippen molar-refractivity contribution in [2.75, 3.05) is 7.05 Å². The third-order valence-corrected chi connectivity index (χ3v) is 5.21. The number of nitrogens with zero attached hydrogens (tertiary/aromatic N) is 3. The predicted molar refractivity (Wildman–Crippen MR) is 111 cm³/mol. The molecule has 2 aromatic carbocycles. The maximum atomic E-state index is 13.3. The number of fused-ring (bicyclic) bond motifs is 1. The molecule has 27 heavy (non-hydrogen) atoms. The van der Waals surface area contributed by atoms with Crippen molar-refractivity contribution < 1.29 is 4.79 Å². The lowest BCUT2D eigenvalue weighted by molar-refractivity contribution is -0.135. The minimum atomic E-state index is -0.360. The molecule has 5 nitrogen and oxygen atoms in total. The fraction of sp³-hybridized carbons (Fsp3) is 0.286. The van der Waals surface area contributed by atoms with Gasteiger partial charge in [0.2, 0.25) is 5.91 Å². The molecule has 1 heterocycles. The first-order chi connectivity index (χ1) is 12.8. The SMILES string of the molecule is CC(C)C(=O)N(C)C(C)c1nc2ccccc2c(=O)n1-c1ccc(Br)cc1. The number of carbonyl (C=O) groups is 1. The molecule has 1 aromatic heterocycles. The average Bonchev–Trinajstić information content (AvgIpc) is 2.67. The summed E-state index contributed by atoms with van der Waals surface area (Å²) in [5.41, 5.74) is 1.20. The van der Waals surface area contributed by atoms with E-state index in [1.54, 1.807) is 22.6 Å². The summed E-state index contributed by atoms with van der Waals surface area (Å²) < 4.78 is 2.53. The second-order valence-corrected chi connectivity index (χ2v) is 7.80. The zero-order valence-electron chi connectivity index (χ0n) is 15.8. The van der Waals surface area contributed by atoms with Gasteiger partial charge in [0, 0.05) is 17.4 Å². The van der Waals surface area contributed by atoms with Gasteiger partial charge in [0.25, 0.3) is 5.56 Å². The lowest BCUT2D eigenvalue weighted by atomic mass is 10.1. The topological polar surface area (TPSA) is 55.2 Å². The fourth-order valence-corrected chi connectivity index (χ4v) is 3.31. The van der Waals surface area contributed by atoms with Crippen molar-refractivity contribution in [1.82, 2.24) is 14.5 Å². The van der Waals surface area contributed by atoms with Gasteiger partial charge in [-0.15, -0.1) is 0 Å². The third-order valence-electron chi connectivity index (χ3n) is 4.68. The quantitative estimate of drug-likeness (QED) is 0.622. The van der Waals surface area contributed by atoms with Gasteiger partial charge >= 0.3 is 0 Å². The van der Waals surface area contributed by atoms with E-state index >= 15 is 0 Å². The first kappa shape index (κ1) is 19.3. The molecule has 0 saturated heterocycles. The van der Waals surface area contributed by atoms with Crippen LogP contribution in [0.15, 0.2) is 57.8 Å². The summed E-state index contributed by atoms with van der Waals surface area (Å²) in [6.07, 6.45) is 0. The number of halogens is 1. The monoisotopic (exact) mass is 427 g/mol. The van der Waals surface area contributed by atoms with Gasteiger partial charge in [-0.05, 0) is 43.3 Å². The van der Waals surface area contributed by atoms with Gasteiger partial charge in [0.05, 0.1) is 22.6 Å². The van der Waals surface area contributed by atoms with Gasteiger partial charge in [-0.1, -0.05) is 41.9 Å². The van der Waals surface area contributed by atoms with E-state index in [0.29, 0.717) is 22.4 Å². The van der Waals surface area contributed by atoms with Crippen LogP contribution in [0.3, 0.4) is 0 Å². The average molecular weight is 428 g/mol. The Morgan fingerprint density at radius 2 is 1.70 bits per heavy atom. The van der Waals surface area contributed by atoms with Gasteiger partial charge in [-0.2, -0.15) is 0 Å². The van der Waals surface area contributed by atoms with Crippen LogP contribution in [0.5, 0.6) is 0 Å². The molecule has 1 unspecified atom stereocenters. The Morgan fingerprint density at radius 3 is 2.33 bits per heavy atom. The molecule has 0 saturated carbocycles. The highest BCUT2D eigenvalue weighted by Gasteiger charge is 2.25. The van der Waals surface area contributed by atoms with E-state index in [9.17, 15) is 9.59 Å². The molecule has 1 amide bonds. The molecule has 0 radical (unpaired) electrons. The Morgan fingerprint density at radius 1 is 1.07 bits per heavy atom. The summed E-state index contributed by atoms with van der Waals surface area (Å²) in [7, 11) is 1.75. The fourth-order valence-electron chi connectivity index (χ4n) is 3.04. The standard InChI is InChI=1S/C21H22BrN3O2/c1-13(2)20(26)24(4)14(3)19-23-18-8-6-5-7-17(18)21(27)25(19)16-11-9-15(22)10-12-16/h5-14H,1-4H3. The molecule has 0 aliphatic carbocycles. The van der Waals surface area contributed by atoms with Gasteiger partial charge in [0.15, 0.2) is 0 Å². The zero-order valence-corrected chi connectivity index (χ0v) is 17.4. The maximum absolute atomic E-state index is 13.3. The van der Waals surface area contributed by atoms with E-state index < -0.39 is 0 Å². The third kappa shape index (κ3) is 3.67. The van der Waals surface area contributed by atoms with Crippen molar-refractivity contribution in [3.63, 3.8) is 0 Å². The van der Waals surface area contributed by atoms with Crippen molar-refractivity contribution in [3.8, 4) is 5.69 Å². The van der Waals surface area contributed by atoms with E-state index in [4.69, 9.17) is 4.98 Å². The van der Waals surface area contributed by atoms with Crippen LogP contribution in [-0.2, 0) is 4.79 Å². The lowest BCUT2D eigenvalue weighted by Crippen LogP contribution is -2.36. The maximum Gasteiger partial charge on any atom is 0.266 e. The Labute approximate surface area is 166 Å². The van der Waals surface area contributed by atoms with E-state index in [-0.39, 0.29) is 23.4 Å². The molecule has 3 aromatic rings. The van der Waals surface area contributed by atoms with Crippen LogP contribution >= 0.6 is 15.9 Å². The Bertz CT molecular complexity index is 1040. The molecule has 0 spiro atoms. The molecule has 0 bridgehead atoms. The molecule has 0 N–H and O–H groups in total. The van der Waals surface area contributed by atoms with Crippen LogP contribution in [0.2, 0.25) is 0 Å². The van der Waals surface area contributed by atoms with Crippen LogP contribution < -0.4 is 5.56 Å². The molecule has 6 heteroatoms. The highest BCUT2D eigenvalue weighted by Crippen LogP contribution is 2.23. The molecular formula is C21H22BrN3O2. The van der Waals surface area contributed by atoms with E-state index in [1.165, 1.54) is 0 Å². The molecule has 0 aliphatic heterocycles. The number of amides is 1. The van der Waals surface area contributed by atoms with Crippen molar-refractivity contribution >= 4 is 32.7 Å². The number of rotatable bonds is 4. The molecule has 0 aliphatic rings. The summed E-state index contributed by atoms with van der Waals surface area (Å²) in [6, 6.07) is 14.4. The van der Waals surface area contributed by atoms with Crippen LogP contribution in [0.1, 0.15) is 32.6 Å². The van der Waals surface area contributed by atoms with Gasteiger partial charge < -0.3 is 4.90 Å². The number of hydrogen-bond acceptors (Lipinski definition) is 3. The summed E-state index contributed by atoms with van der Waals surface area (Å²) in [4.78, 5) is 32.2. The number of carbonyl (C=O) groups excluding carboxylic acids is 1. The molecule has 1 atom stereocenters. The molecule has 3 rings (SSSR count). The van der Waals surface area contributed by atoms with E-state index in [0.717, 1.165) is 4.47 Å². The summed E-state index contributed by atoms with van der Waals surface area (Å²) >= 11 is 3.43. The first-order valence-corrected chi connectivity index (χ1v) is 9.65. The highest BCUT2D eigenvalue weighted by atomic mass is 79.9. The van der Waals surface area contributed by atoms with Crippen LogP contribution in [0.4, 0.5) is 0 Å². The number of para-hydroxylation sites is 1. The van der Waals surface area contributed by atoms with E-state index in [2.05, 4.69) is 15.9 Å². The first-order valence-electron chi connectivity index (χ1n) is 8.85. The second kappa shape index (κ2) is 7.64. The largest absolute Gasteiger partial charge is 0.336 e. The van der Waals surface area contributed by atoms with E-state index in [1.807, 2.05) is 63.2 Å². The normalized spacial score (nSPS) is 12.4. The van der Waals surface area contributed by atoms with Crippen molar-refractivity contribution in [3.05, 3.63) is 69.2 Å². The summed E-state index contributed by atoms with van der Waals surface area (Å²) in [5, 5.41) is 0.550. The lowest BCUT2D eigenvalue weighted by Gasteiger charge is -2.28. The summed E-state index contributed by atoms with van der Waals surface area (Å²) in [5.74, 6) is 0.413. The highest BCUT2D eigenvalue weighted by molar-refractivity contribution is 9.10. The number of hydrogen-bond donors (Lipinski definition) is 0. The smallest absolute Gasteiger partial charge is 0.266 e. The van der Waals surface area contributed by atoms with Gasteiger partial charge in [-0.25, -0.2) is 4.98 Å². The number of aromatic nitrogens is 2. The Hall–Kier alpha value is -2.47. The molecule has 0 fully saturated rings. The van der Waals surface area contributed by atoms with Gasteiger partial charge in [0.1, 0.15) is 5.82 Å². The van der Waals surface area contributed by atoms with Crippen molar-refractivity contribution in [2.45, 2.75) is 26.8 Å². The van der Waals surface area contributed by atoms with Crippen LogP contribution in [0.25, 0.3) is 16.6 Å². The minimum absolute atomic E-state index is 0.00673. The summed E-state index contributed by atoms with van der Waals surface area (Å²) in [6.45, 7) is 5.62. The van der Waals surface area contributed by atoms with Crippen LogP contribution in [-0.4, -0.2) is 27.4 Å². The zero-order chi connectivity index (χ0) is 19.7. The minimum Gasteiger partial charge on any atom is -0.336 e. The Balaban J connectivity index is 2.27. The van der Waals surface area contributed by atoms with Crippen molar-refractivity contribution in [1.29, 1.82) is 0 Å². The second-order valence-electron chi connectivity index (χ2n) is 6.88. The molecule has 140 valence electrons. The van der Waals surface area contributed by atoms with Crippen molar-refractivity contribution in [2.24, 2.45) is 5.92 Å². The van der Waals surface area contributed by atoms with Gasteiger partial charge in [-0.3, -0.25) is 14.2 Å².